The van der Waals surface area contributed by atoms with Gasteiger partial charge in [-0.3, -0.25) is 0 Å². The standard InChI is InChI=1S/C15H24N4O3/c1-11-10-18(13-16-7-6-12(17-13)21-5)8-9-19(11)14(20)22-15(2,3)4/h6-7,11H,8-10H2,1-5H3/t11-/m1/s1. The molecule has 0 N–H and O–H groups in total. The highest BCUT2D eigenvalue weighted by Gasteiger charge is 2.31. The summed E-state index contributed by atoms with van der Waals surface area (Å²) in [5.41, 5.74) is -0.482. The molecule has 1 aliphatic rings. The van der Waals surface area contributed by atoms with Crippen LogP contribution in [0.4, 0.5) is 10.7 Å². The summed E-state index contributed by atoms with van der Waals surface area (Å²) in [5.74, 6) is 1.15. The van der Waals surface area contributed by atoms with Gasteiger partial charge in [-0.2, -0.15) is 4.98 Å². The fourth-order valence-electron chi connectivity index (χ4n) is 2.33. The molecule has 1 saturated heterocycles. The maximum absolute atomic E-state index is 12.2. The summed E-state index contributed by atoms with van der Waals surface area (Å²) in [6.07, 6.45) is 1.40. The summed E-state index contributed by atoms with van der Waals surface area (Å²) < 4.78 is 10.6. The molecule has 22 heavy (non-hydrogen) atoms. The monoisotopic (exact) mass is 308 g/mol. The van der Waals surface area contributed by atoms with Crippen molar-refractivity contribution in [2.45, 2.75) is 39.3 Å². The van der Waals surface area contributed by atoms with Gasteiger partial charge < -0.3 is 19.3 Å². The van der Waals surface area contributed by atoms with E-state index in [9.17, 15) is 4.79 Å². The van der Waals surface area contributed by atoms with Gasteiger partial charge in [0.05, 0.1) is 7.11 Å². The molecule has 7 heteroatoms. The molecule has 0 bridgehead atoms. The fourth-order valence-corrected chi connectivity index (χ4v) is 2.33. The van der Waals surface area contributed by atoms with Gasteiger partial charge in [0.2, 0.25) is 11.8 Å². The molecule has 1 fully saturated rings. The molecule has 1 amide bonds. The molecule has 1 aliphatic heterocycles. The van der Waals surface area contributed by atoms with Crippen molar-refractivity contribution >= 4 is 12.0 Å². The molecule has 7 nitrogen and oxygen atoms in total. The number of piperazine rings is 1. The highest BCUT2D eigenvalue weighted by Crippen LogP contribution is 2.19. The van der Waals surface area contributed by atoms with Crippen molar-refractivity contribution in [3.05, 3.63) is 12.3 Å². The number of carbonyl (C=O) groups is 1. The Kier molecular flexibility index (Phi) is 4.73. The van der Waals surface area contributed by atoms with Crippen LogP contribution in [0.1, 0.15) is 27.7 Å². The fraction of sp³-hybridized carbons (Fsp3) is 0.667. The molecule has 1 aromatic heterocycles. The number of anilines is 1. The lowest BCUT2D eigenvalue weighted by molar-refractivity contribution is 0.0158. The van der Waals surface area contributed by atoms with Gasteiger partial charge in [-0.15, -0.1) is 0 Å². The average molecular weight is 308 g/mol. The van der Waals surface area contributed by atoms with Crippen molar-refractivity contribution in [1.29, 1.82) is 0 Å². The van der Waals surface area contributed by atoms with Crippen LogP contribution in [0.15, 0.2) is 12.3 Å². The van der Waals surface area contributed by atoms with Crippen LogP contribution in [0, 0.1) is 0 Å². The van der Waals surface area contributed by atoms with E-state index in [1.165, 1.54) is 0 Å². The minimum absolute atomic E-state index is 0.0263. The van der Waals surface area contributed by atoms with Crippen LogP contribution in [-0.4, -0.2) is 59.3 Å². The molecule has 122 valence electrons. The second-order valence-electron chi connectivity index (χ2n) is 6.37. The first-order valence-electron chi connectivity index (χ1n) is 7.42. The Hall–Kier alpha value is -2.05. The number of aromatic nitrogens is 2. The average Bonchev–Trinajstić information content (AvgIpc) is 2.45. The van der Waals surface area contributed by atoms with Gasteiger partial charge in [0.15, 0.2) is 0 Å². The van der Waals surface area contributed by atoms with Crippen LogP contribution in [0.5, 0.6) is 5.88 Å². The third kappa shape index (κ3) is 3.99. The second-order valence-corrected chi connectivity index (χ2v) is 6.37. The Bertz CT molecular complexity index is 530. The minimum Gasteiger partial charge on any atom is -0.481 e. The maximum atomic E-state index is 12.2. The van der Waals surface area contributed by atoms with E-state index in [0.717, 1.165) is 0 Å². The predicted molar refractivity (Wildman–Crippen MR) is 83.2 cm³/mol. The second kappa shape index (κ2) is 6.37. The number of ether oxygens (including phenoxy) is 2. The van der Waals surface area contributed by atoms with E-state index in [1.807, 2.05) is 32.6 Å². The molecule has 1 atom stereocenters. The van der Waals surface area contributed by atoms with Crippen molar-refractivity contribution in [3.63, 3.8) is 0 Å². The van der Waals surface area contributed by atoms with Gasteiger partial charge in [0, 0.05) is 37.9 Å². The zero-order valence-corrected chi connectivity index (χ0v) is 13.9. The highest BCUT2D eigenvalue weighted by molar-refractivity contribution is 5.69. The number of carbonyl (C=O) groups excluding carboxylic acids is 1. The SMILES string of the molecule is COc1ccnc(N2CCN(C(=O)OC(C)(C)C)[C@H](C)C2)n1. The van der Waals surface area contributed by atoms with Crippen molar-refractivity contribution in [2.75, 3.05) is 31.6 Å². The maximum Gasteiger partial charge on any atom is 0.410 e. The largest absolute Gasteiger partial charge is 0.481 e. The van der Waals surface area contributed by atoms with Crippen LogP contribution in [0.3, 0.4) is 0 Å². The third-order valence-electron chi connectivity index (χ3n) is 3.36. The Labute approximate surface area is 131 Å². The van der Waals surface area contributed by atoms with Crippen LogP contribution < -0.4 is 9.64 Å². The predicted octanol–water partition coefficient (Wildman–Crippen LogP) is 1.93. The number of nitrogens with zero attached hydrogens (tertiary/aromatic N) is 4. The summed E-state index contributed by atoms with van der Waals surface area (Å²) in [6.45, 7) is 9.51. The molecule has 0 saturated carbocycles. The lowest BCUT2D eigenvalue weighted by Gasteiger charge is -2.40. The number of hydrogen-bond donors (Lipinski definition) is 0. The van der Waals surface area contributed by atoms with Crippen molar-refractivity contribution in [1.82, 2.24) is 14.9 Å². The van der Waals surface area contributed by atoms with Gasteiger partial charge in [-0.1, -0.05) is 0 Å². The smallest absolute Gasteiger partial charge is 0.410 e. The van der Waals surface area contributed by atoms with Crippen molar-refractivity contribution < 1.29 is 14.3 Å². The number of methoxy groups -OCH3 is 1. The Morgan fingerprint density at radius 1 is 1.36 bits per heavy atom. The van der Waals surface area contributed by atoms with Crippen molar-refractivity contribution in [2.24, 2.45) is 0 Å². The molecule has 0 radical (unpaired) electrons. The molecule has 0 unspecified atom stereocenters. The summed E-state index contributed by atoms with van der Waals surface area (Å²) in [4.78, 5) is 24.6. The Balaban J connectivity index is 2.01. The summed E-state index contributed by atoms with van der Waals surface area (Å²) in [5, 5.41) is 0. The normalized spacial score (nSPS) is 19.0. The van der Waals surface area contributed by atoms with E-state index >= 15 is 0 Å². The summed E-state index contributed by atoms with van der Waals surface area (Å²) in [6, 6.07) is 1.74. The number of amides is 1. The quantitative estimate of drug-likeness (QED) is 0.831. The molecular formula is C15H24N4O3. The highest BCUT2D eigenvalue weighted by atomic mass is 16.6. The Morgan fingerprint density at radius 2 is 2.09 bits per heavy atom. The topological polar surface area (TPSA) is 67.8 Å². The van der Waals surface area contributed by atoms with E-state index in [2.05, 4.69) is 9.97 Å². The summed E-state index contributed by atoms with van der Waals surface area (Å²) in [7, 11) is 1.58. The molecule has 0 spiro atoms. The van der Waals surface area contributed by atoms with Gasteiger partial charge in [-0.25, -0.2) is 9.78 Å². The zero-order chi connectivity index (χ0) is 16.3. The zero-order valence-electron chi connectivity index (χ0n) is 13.9. The first-order valence-corrected chi connectivity index (χ1v) is 7.42. The van der Waals surface area contributed by atoms with Crippen LogP contribution in [0.2, 0.25) is 0 Å². The van der Waals surface area contributed by atoms with Crippen LogP contribution in [0.25, 0.3) is 0 Å². The van der Waals surface area contributed by atoms with Gasteiger partial charge in [0.25, 0.3) is 0 Å². The third-order valence-corrected chi connectivity index (χ3v) is 3.36. The lowest BCUT2D eigenvalue weighted by atomic mass is 10.2. The van der Waals surface area contributed by atoms with E-state index in [4.69, 9.17) is 9.47 Å². The molecular weight excluding hydrogens is 284 g/mol. The van der Waals surface area contributed by atoms with Gasteiger partial charge in [-0.05, 0) is 27.7 Å². The van der Waals surface area contributed by atoms with Crippen LogP contribution >= 0.6 is 0 Å². The molecule has 0 aliphatic carbocycles. The molecule has 2 rings (SSSR count). The molecule has 2 heterocycles. The van der Waals surface area contributed by atoms with E-state index in [0.29, 0.717) is 31.5 Å². The molecule has 1 aromatic rings. The van der Waals surface area contributed by atoms with Gasteiger partial charge >= 0.3 is 6.09 Å². The van der Waals surface area contributed by atoms with Gasteiger partial charge in [0.1, 0.15) is 5.60 Å². The first-order chi connectivity index (χ1) is 10.3. The first kappa shape index (κ1) is 16.3. The minimum atomic E-state index is -0.482. The lowest BCUT2D eigenvalue weighted by Crippen LogP contribution is -2.55. The number of hydrogen-bond acceptors (Lipinski definition) is 6. The Morgan fingerprint density at radius 3 is 2.68 bits per heavy atom. The van der Waals surface area contributed by atoms with E-state index < -0.39 is 5.60 Å². The van der Waals surface area contributed by atoms with Crippen LogP contribution in [-0.2, 0) is 4.74 Å². The summed E-state index contributed by atoms with van der Waals surface area (Å²) >= 11 is 0. The van der Waals surface area contributed by atoms with E-state index in [1.54, 1.807) is 24.3 Å². The van der Waals surface area contributed by atoms with E-state index in [-0.39, 0.29) is 12.1 Å². The number of rotatable bonds is 2. The molecule has 0 aromatic carbocycles. The van der Waals surface area contributed by atoms with Crippen molar-refractivity contribution in [3.8, 4) is 5.88 Å².